The minimum absolute atomic E-state index is 0.0257. The Labute approximate surface area is 410 Å². The molecule has 17 heteroatoms. The molecule has 0 unspecified atom stereocenters. The van der Waals surface area contributed by atoms with Crippen molar-refractivity contribution in [3.63, 3.8) is 0 Å². The third-order valence-corrected chi connectivity index (χ3v) is 15.0. The van der Waals surface area contributed by atoms with Gasteiger partial charge in [-0.25, -0.2) is 4.98 Å². The third kappa shape index (κ3) is 10.5. The number of aliphatic imine (C=N–C) groups is 1. The van der Waals surface area contributed by atoms with Crippen molar-refractivity contribution in [2.45, 2.75) is 105 Å². The van der Waals surface area contributed by atoms with Crippen LogP contribution in [0.25, 0.3) is 26.6 Å². The minimum Gasteiger partial charge on any atom is -0.469 e. The molecule has 69 heavy (non-hydrogen) atoms. The molecule has 0 aliphatic carbocycles. The number of aryl methyl sites for hydroxylation is 3. The minimum atomic E-state index is -0.984. The summed E-state index contributed by atoms with van der Waals surface area (Å²) < 4.78 is 12.9. The number of rotatable bonds is 14. The number of likely N-dealkylation sites (tertiary alicyclic amines) is 1. The van der Waals surface area contributed by atoms with E-state index < -0.39 is 41.5 Å². The van der Waals surface area contributed by atoms with Crippen molar-refractivity contribution in [1.82, 2.24) is 35.3 Å². The van der Waals surface area contributed by atoms with Gasteiger partial charge in [-0.2, -0.15) is 0 Å². The number of carbonyl (C=O) groups is 4. The molecule has 0 bridgehead atoms. The molecule has 1 fully saturated rings. The summed E-state index contributed by atoms with van der Waals surface area (Å²) in [7, 11) is 1.37. The van der Waals surface area contributed by atoms with Gasteiger partial charge < -0.3 is 30.1 Å². The highest BCUT2D eigenvalue weighted by atomic mass is 32.1. The Bertz CT molecular complexity index is 2900. The second kappa shape index (κ2) is 20.3. The molecule has 5 heterocycles. The van der Waals surface area contributed by atoms with Crippen LogP contribution < -0.4 is 10.6 Å². The van der Waals surface area contributed by atoms with Crippen LogP contribution in [-0.2, 0) is 35.3 Å². The molecule has 3 N–H and O–H groups in total. The van der Waals surface area contributed by atoms with E-state index in [1.54, 1.807) is 22.7 Å². The Kier molecular flexibility index (Phi) is 14.4. The Balaban J connectivity index is 0.878. The number of esters is 1. The summed E-state index contributed by atoms with van der Waals surface area (Å²) >= 11 is 3.23. The number of methoxy groups -OCH3 is 1. The predicted molar refractivity (Wildman–Crippen MR) is 266 cm³/mol. The summed E-state index contributed by atoms with van der Waals surface area (Å²) in [6.07, 6.45) is -0.774. The Morgan fingerprint density at radius 1 is 0.884 bits per heavy atom. The van der Waals surface area contributed by atoms with Gasteiger partial charge in [-0.3, -0.25) is 28.7 Å². The van der Waals surface area contributed by atoms with Gasteiger partial charge in [-0.15, -0.1) is 32.9 Å². The summed E-state index contributed by atoms with van der Waals surface area (Å²) in [5, 5.41) is 26.4. The van der Waals surface area contributed by atoms with Crippen LogP contribution >= 0.6 is 22.7 Å². The monoisotopic (exact) mass is 970 g/mol. The van der Waals surface area contributed by atoms with Crippen molar-refractivity contribution >= 4 is 52.1 Å². The number of fused-ring (bicyclic) bond motifs is 3. The largest absolute Gasteiger partial charge is 0.469 e. The first-order chi connectivity index (χ1) is 32.9. The molecule has 3 aromatic carbocycles. The highest BCUT2D eigenvalue weighted by Gasteiger charge is 2.45. The van der Waals surface area contributed by atoms with Gasteiger partial charge >= 0.3 is 5.97 Å². The summed E-state index contributed by atoms with van der Waals surface area (Å²) in [5.41, 5.74) is 10.6. The SMILES string of the molecule is COC(=O)C[C@@H]1N=C(c2ccc(-c3ccc(COCC(=O)N[C@H](C(=O)N4C[C@H](O)C[C@H]4C(=O)N[C@@H](C)c4ccc(-c5scnc5C)cc4)C(C)(C)C)cc3)cc2)c2c(sc(C)c2C)-n2c(C)nnc21. The maximum absolute atomic E-state index is 14.2. The molecule has 3 aromatic heterocycles. The zero-order valence-electron chi connectivity index (χ0n) is 40.3. The third-order valence-electron chi connectivity index (χ3n) is 12.8. The first kappa shape index (κ1) is 49.0. The van der Waals surface area contributed by atoms with Crippen LogP contribution in [0.1, 0.15) is 103 Å². The first-order valence-electron chi connectivity index (χ1n) is 22.9. The second-order valence-corrected chi connectivity index (χ2v) is 20.9. The second-order valence-electron chi connectivity index (χ2n) is 18.8. The van der Waals surface area contributed by atoms with Crippen molar-refractivity contribution < 1.29 is 33.8 Å². The van der Waals surface area contributed by atoms with Gasteiger partial charge in [0.15, 0.2) is 5.82 Å². The normalized spacial score (nSPS) is 17.6. The molecular formula is C52H58N8O7S2. The smallest absolute Gasteiger partial charge is 0.308 e. The molecule has 3 amide bonds. The number of aliphatic hydroxyl groups is 1. The molecule has 2 aliphatic rings. The van der Waals surface area contributed by atoms with Crippen molar-refractivity contribution in [3.05, 3.63) is 128 Å². The summed E-state index contributed by atoms with van der Waals surface area (Å²) in [5.74, 6) is -0.356. The van der Waals surface area contributed by atoms with E-state index in [4.69, 9.17) is 14.5 Å². The average Bonchev–Trinajstić information content (AvgIpc) is 4.10. The van der Waals surface area contributed by atoms with Crippen LogP contribution in [0.5, 0.6) is 0 Å². The lowest BCUT2D eigenvalue weighted by Crippen LogP contribution is -2.58. The number of thiophene rings is 1. The summed E-state index contributed by atoms with van der Waals surface area (Å²) in [6.45, 7) is 15.3. The molecule has 8 rings (SSSR count). The van der Waals surface area contributed by atoms with Crippen molar-refractivity contribution in [1.29, 1.82) is 0 Å². The van der Waals surface area contributed by atoms with Crippen LogP contribution in [0, 0.1) is 33.1 Å². The van der Waals surface area contributed by atoms with E-state index in [9.17, 15) is 24.3 Å². The van der Waals surface area contributed by atoms with E-state index in [1.807, 2.05) is 124 Å². The maximum Gasteiger partial charge on any atom is 0.308 e. The maximum atomic E-state index is 14.2. The van der Waals surface area contributed by atoms with Crippen molar-refractivity contribution in [3.8, 4) is 26.6 Å². The van der Waals surface area contributed by atoms with Crippen LogP contribution in [0.4, 0.5) is 0 Å². The number of amides is 3. The number of ether oxygens (including phenoxy) is 2. The van der Waals surface area contributed by atoms with E-state index in [0.717, 1.165) is 76.5 Å². The molecule has 0 spiro atoms. The zero-order chi connectivity index (χ0) is 49.3. The average molecular weight is 971 g/mol. The lowest BCUT2D eigenvalue weighted by Gasteiger charge is -2.35. The fraction of sp³-hybridized carbons (Fsp3) is 0.385. The van der Waals surface area contributed by atoms with E-state index in [-0.39, 0.29) is 50.5 Å². The van der Waals surface area contributed by atoms with Crippen molar-refractivity contribution in [2.75, 3.05) is 20.3 Å². The fourth-order valence-electron chi connectivity index (χ4n) is 8.86. The fourth-order valence-corrected chi connectivity index (χ4v) is 10.9. The van der Waals surface area contributed by atoms with E-state index in [0.29, 0.717) is 5.82 Å². The number of hydrogen-bond donors (Lipinski definition) is 3. The molecule has 1 saturated heterocycles. The standard InChI is InChI=1S/C52H58N8O7S2/c1-28-31(4)69-51-44(28)45(55-40(23-43(63)66-9)48-58-57-32(5)60(48)51)37-18-16-36(17-19-37)35-12-10-33(11-13-35)25-67-26-42(62)56-47(52(6,7)8)50(65)59-24-39(61)22-41(59)49(64)54-29(2)34-14-20-38(21-15-34)46-30(3)53-27-68-46/h10-21,27,29,39-41,47,61H,22-26H2,1-9H3,(H,54,64)(H,56,62)/t29-,39+,40-,41-,47+/m0/s1. The van der Waals surface area contributed by atoms with Crippen LogP contribution in [0.3, 0.4) is 0 Å². The molecule has 6 aromatic rings. The molecule has 2 aliphatic heterocycles. The Morgan fingerprint density at radius 2 is 1.54 bits per heavy atom. The van der Waals surface area contributed by atoms with Gasteiger partial charge in [0.05, 0.1) is 54.1 Å². The molecular weight excluding hydrogens is 913 g/mol. The highest BCUT2D eigenvalue weighted by molar-refractivity contribution is 7.15. The first-order valence-corrected chi connectivity index (χ1v) is 24.6. The number of benzene rings is 3. The molecule has 5 atom stereocenters. The van der Waals surface area contributed by atoms with E-state index >= 15 is 0 Å². The molecule has 360 valence electrons. The number of nitrogens with zero attached hydrogens (tertiary/aromatic N) is 6. The van der Waals surface area contributed by atoms with E-state index in [1.165, 1.54) is 12.0 Å². The number of thiazole rings is 1. The Hall–Kier alpha value is -6.40. The predicted octanol–water partition coefficient (Wildman–Crippen LogP) is 7.69. The lowest BCUT2D eigenvalue weighted by molar-refractivity contribution is -0.144. The Morgan fingerprint density at radius 3 is 2.17 bits per heavy atom. The number of nitrogens with one attached hydrogen (secondary N) is 2. The van der Waals surface area contributed by atoms with Gasteiger partial charge in [0.1, 0.15) is 35.6 Å². The zero-order valence-corrected chi connectivity index (χ0v) is 42.0. The number of aromatic nitrogens is 4. The topological polar surface area (TPSA) is 190 Å². The van der Waals surface area contributed by atoms with Gasteiger partial charge in [-0.05, 0) is 73.4 Å². The number of aliphatic hydroxyl groups excluding tert-OH is 1. The van der Waals surface area contributed by atoms with Crippen LogP contribution in [0.15, 0.2) is 83.3 Å². The number of β-amino-alcohol motifs (C(OH)–C–C–N with tert-alkyl or cyclic N) is 1. The van der Waals surface area contributed by atoms with Gasteiger partial charge in [0, 0.05) is 29.0 Å². The summed E-state index contributed by atoms with van der Waals surface area (Å²) in [4.78, 5) is 67.0. The number of carbonyl (C=O) groups excluding carboxylic acids is 4. The number of hydrogen-bond acceptors (Lipinski definition) is 13. The quantitative estimate of drug-likeness (QED) is 0.0913. The molecule has 0 radical (unpaired) electrons. The van der Waals surface area contributed by atoms with Crippen LogP contribution in [0.2, 0.25) is 0 Å². The van der Waals surface area contributed by atoms with Crippen molar-refractivity contribution in [2.24, 2.45) is 10.4 Å². The van der Waals surface area contributed by atoms with Gasteiger partial charge in [-0.1, -0.05) is 93.6 Å². The van der Waals surface area contributed by atoms with E-state index in [2.05, 4.69) is 39.7 Å². The molecule has 0 saturated carbocycles. The van der Waals surface area contributed by atoms with Gasteiger partial charge in [0.2, 0.25) is 17.7 Å². The highest BCUT2D eigenvalue weighted by Crippen LogP contribution is 2.40. The van der Waals surface area contributed by atoms with Gasteiger partial charge in [0.25, 0.3) is 0 Å². The van der Waals surface area contributed by atoms with Crippen LogP contribution in [-0.4, -0.2) is 97.6 Å². The summed E-state index contributed by atoms with van der Waals surface area (Å²) in [6, 6.07) is 21.2. The lowest BCUT2D eigenvalue weighted by atomic mass is 9.85. The molecule has 15 nitrogen and oxygen atoms in total.